The number of hydrogen-bond acceptors (Lipinski definition) is 2. The summed E-state index contributed by atoms with van der Waals surface area (Å²) in [6, 6.07) is 4.31. The zero-order valence-electron chi connectivity index (χ0n) is 9.95. The van der Waals surface area contributed by atoms with Crippen LogP contribution in [0.3, 0.4) is 0 Å². The molecule has 0 aromatic carbocycles. The maximum absolute atomic E-state index is 4.10. The van der Waals surface area contributed by atoms with Crippen molar-refractivity contribution in [3.05, 3.63) is 42.2 Å². The fourth-order valence-corrected chi connectivity index (χ4v) is 2.39. The van der Waals surface area contributed by atoms with Gasteiger partial charge in [0.1, 0.15) is 0 Å². The highest BCUT2D eigenvalue weighted by molar-refractivity contribution is 5.29. The minimum absolute atomic E-state index is 0.276. The summed E-state index contributed by atoms with van der Waals surface area (Å²) < 4.78 is 0. The van der Waals surface area contributed by atoms with Gasteiger partial charge in [0.05, 0.1) is 0 Å². The van der Waals surface area contributed by atoms with Crippen molar-refractivity contribution in [2.45, 2.75) is 31.6 Å². The number of nitrogens with one attached hydrogen (secondary N) is 1. The fraction of sp³-hybridized carbons (Fsp3) is 0.500. The van der Waals surface area contributed by atoms with Gasteiger partial charge >= 0.3 is 0 Å². The van der Waals surface area contributed by atoms with Gasteiger partial charge in [-0.25, -0.2) is 0 Å². The van der Waals surface area contributed by atoms with Gasteiger partial charge < -0.3 is 5.32 Å². The van der Waals surface area contributed by atoms with Crippen LogP contribution in [0.1, 0.15) is 31.7 Å². The van der Waals surface area contributed by atoms with Crippen LogP contribution in [0.25, 0.3) is 0 Å². The summed E-state index contributed by atoms with van der Waals surface area (Å²) in [5.74, 6) is 0. The Labute approximate surface area is 97.8 Å². The predicted octanol–water partition coefficient (Wildman–Crippen LogP) is 2.67. The first-order valence-corrected chi connectivity index (χ1v) is 6.14. The number of aromatic nitrogens is 1. The molecule has 1 aliphatic rings. The van der Waals surface area contributed by atoms with E-state index in [0.29, 0.717) is 0 Å². The molecule has 1 heterocycles. The van der Waals surface area contributed by atoms with Gasteiger partial charge in [0.2, 0.25) is 0 Å². The van der Waals surface area contributed by atoms with Crippen LogP contribution < -0.4 is 5.32 Å². The largest absolute Gasteiger partial charge is 0.316 e. The second-order valence-electron chi connectivity index (χ2n) is 4.57. The SMILES string of the molecule is CCCNCC1(c2ccncc2)CC=CC1. The lowest BCUT2D eigenvalue weighted by Gasteiger charge is -2.30. The molecular formula is C14H20N2. The molecule has 1 aromatic rings. The summed E-state index contributed by atoms with van der Waals surface area (Å²) in [5.41, 5.74) is 1.69. The Balaban J connectivity index is 2.10. The van der Waals surface area contributed by atoms with Crippen LogP contribution >= 0.6 is 0 Å². The summed E-state index contributed by atoms with van der Waals surface area (Å²) in [5, 5.41) is 3.56. The van der Waals surface area contributed by atoms with Gasteiger partial charge in [-0.3, -0.25) is 4.98 Å². The van der Waals surface area contributed by atoms with E-state index >= 15 is 0 Å². The molecule has 0 aliphatic heterocycles. The molecule has 2 rings (SSSR count). The van der Waals surface area contributed by atoms with Gasteiger partial charge in [0.15, 0.2) is 0 Å². The molecule has 86 valence electrons. The Morgan fingerprint density at radius 3 is 2.56 bits per heavy atom. The number of nitrogens with zero attached hydrogens (tertiary/aromatic N) is 1. The third kappa shape index (κ3) is 2.33. The van der Waals surface area contributed by atoms with E-state index in [1.807, 2.05) is 12.4 Å². The molecule has 0 saturated carbocycles. The summed E-state index contributed by atoms with van der Waals surface area (Å²) in [7, 11) is 0. The van der Waals surface area contributed by atoms with E-state index in [1.54, 1.807) is 0 Å². The van der Waals surface area contributed by atoms with Gasteiger partial charge in [-0.1, -0.05) is 19.1 Å². The van der Waals surface area contributed by atoms with Crippen LogP contribution in [0.15, 0.2) is 36.7 Å². The van der Waals surface area contributed by atoms with Gasteiger partial charge in [0.25, 0.3) is 0 Å². The standard InChI is InChI=1S/C14H20N2/c1-2-9-16-12-14(7-3-4-8-14)13-5-10-15-11-6-13/h3-6,10-11,16H,2,7-9,12H2,1H3. The predicted molar refractivity (Wildman–Crippen MR) is 67.4 cm³/mol. The van der Waals surface area contributed by atoms with Crippen molar-refractivity contribution in [2.24, 2.45) is 0 Å². The first-order valence-electron chi connectivity index (χ1n) is 6.14. The van der Waals surface area contributed by atoms with E-state index < -0.39 is 0 Å². The molecule has 0 saturated heterocycles. The Morgan fingerprint density at radius 1 is 1.25 bits per heavy atom. The lowest BCUT2D eigenvalue weighted by molar-refractivity contribution is 0.419. The summed E-state index contributed by atoms with van der Waals surface area (Å²) in [6.07, 6.45) is 11.9. The van der Waals surface area contributed by atoms with Crippen molar-refractivity contribution in [1.82, 2.24) is 10.3 Å². The lowest BCUT2D eigenvalue weighted by Crippen LogP contribution is -2.36. The van der Waals surface area contributed by atoms with Crippen LogP contribution in [0, 0.1) is 0 Å². The first-order chi connectivity index (χ1) is 7.87. The molecule has 0 fully saturated rings. The molecule has 0 radical (unpaired) electrons. The summed E-state index contributed by atoms with van der Waals surface area (Å²) in [4.78, 5) is 4.10. The lowest BCUT2D eigenvalue weighted by atomic mass is 9.78. The number of rotatable bonds is 5. The first kappa shape index (κ1) is 11.3. The Kier molecular flexibility index (Phi) is 3.73. The monoisotopic (exact) mass is 216 g/mol. The van der Waals surface area contributed by atoms with E-state index in [4.69, 9.17) is 0 Å². The van der Waals surface area contributed by atoms with Crippen LogP contribution in [0.2, 0.25) is 0 Å². The number of hydrogen-bond donors (Lipinski definition) is 1. The average molecular weight is 216 g/mol. The maximum Gasteiger partial charge on any atom is 0.0270 e. The topological polar surface area (TPSA) is 24.9 Å². The quantitative estimate of drug-likeness (QED) is 0.604. The molecule has 0 spiro atoms. The zero-order chi connectivity index (χ0) is 11.3. The smallest absolute Gasteiger partial charge is 0.0270 e. The fourth-order valence-electron chi connectivity index (χ4n) is 2.39. The van der Waals surface area contributed by atoms with Crippen LogP contribution in [0.4, 0.5) is 0 Å². The molecule has 0 amide bonds. The van der Waals surface area contributed by atoms with Crippen LogP contribution in [0.5, 0.6) is 0 Å². The molecule has 0 bridgehead atoms. The third-order valence-corrected chi connectivity index (χ3v) is 3.37. The van der Waals surface area contributed by atoms with Crippen molar-refractivity contribution in [2.75, 3.05) is 13.1 Å². The zero-order valence-corrected chi connectivity index (χ0v) is 9.95. The maximum atomic E-state index is 4.10. The third-order valence-electron chi connectivity index (χ3n) is 3.37. The second-order valence-corrected chi connectivity index (χ2v) is 4.57. The average Bonchev–Trinajstić information content (AvgIpc) is 2.81. The second kappa shape index (κ2) is 5.26. The van der Waals surface area contributed by atoms with Crippen molar-refractivity contribution in [1.29, 1.82) is 0 Å². The minimum atomic E-state index is 0.276. The summed E-state index contributed by atoms with van der Waals surface area (Å²) >= 11 is 0. The Hall–Kier alpha value is -1.15. The highest BCUT2D eigenvalue weighted by Gasteiger charge is 2.32. The van der Waals surface area contributed by atoms with E-state index in [2.05, 4.69) is 41.5 Å². The highest BCUT2D eigenvalue weighted by atomic mass is 14.9. The normalized spacial score (nSPS) is 17.8. The van der Waals surface area contributed by atoms with Crippen molar-refractivity contribution in [3.8, 4) is 0 Å². The van der Waals surface area contributed by atoms with Gasteiger partial charge in [-0.05, 0) is 43.5 Å². The van der Waals surface area contributed by atoms with Crippen molar-refractivity contribution in [3.63, 3.8) is 0 Å². The molecule has 1 aliphatic carbocycles. The van der Waals surface area contributed by atoms with Gasteiger partial charge in [0, 0.05) is 24.4 Å². The van der Waals surface area contributed by atoms with Crippen LogP contribution in [-0.4, -0.2) is 18.1 Å². The molecule has 2 heteroatoms. The number of pyridine rings is 1. The molecule has 1 N–H and O–H groups in total. The van der Waals surface area contributed by atoms with Crippen molar-refractivity contribution < 1.29 is 0 Å². The van der Waals surface area contributed by atoms with E-state index in [1.165, 1.54) is 12.0 Å². The molecule has 2 nitrogen and oxygen atoms in total. The molecular weight excluding hydrogens is 196 g/mol. The molecule has 1 aromatic heterocycles. The van der Waals surface area contributed by atoms with E-state index in [-0.39, 0.29) is 5.41 Å². The van der Waals surface area contributed by atoms with Crippen molar-refractivity contribution >= 4 is 0 Å². The van der Waals surface area contributed by atoms with E-state index in [0.717, 1.165) is 25.9 Å². The highest BCUT2D eigenvalue weighted by Crippen LogP contribution is 2.36. The van der Waals surface area contributed by atoms with E-state index in [9.17, 15) is 0 Å². The molecule has 0 atom stereocenters. The van der Waals surface area contributed by atoms with Gasteiger partial charge in [-0.15, -0.1) is 0 Å². The number of allylic oxidation sites excluding steroid dienone is 2. The molecule has 16 heavy (non-hydrogen) atoms. The summed E-state index contributed by atoms with van der Waals surface area (Å²) in [6.45, 7) is 4.38. The van der Waals surface area contributed by atoms with Crippen LogP contribution in [-0.2, 0) is 5.41 Å². The minimum Gasteiger partial charge on any atom is -0.316 e. The Bertz CT molecular complexity index is 335. The van der Waals surface area contributed by atoms with Gasteiger partial charge in [-0.2, -0.15) is 0 Å². The Morgan fingerprint density at radius 2 is 1.94 bits per heavy atom. The molecule has 0 unspecified atom stereocenters.